The van der Waals surface area contributed by atoms with Gasteiger partial charge in [0.2, 0.25) is 5.91 Å². The number of hydrogen-bond acceptors (Lipinski definition) is 5. The number of alkyl halides is 3. The van der Waals surface area contributed by atoms with Gasteiger partial charge in [0.1, 0.15) is 11.5 Å². The number of aliphatic hydroxyl groups is 1. The molecule has 0 aromatic heterocycles. The highest BCUT2D eigenvalue weighted by atomic mass is 32.2. The molecule has 0 unspecified atom stereocenters. The van der Waals surface area contributed by atoms with E-state index in [1.54, 1.807) is 4.90 Å². The molecule has 1 fully saturated rings. The third-order valence-corrected chi connectivity index (χ3v) is 7.10. The standard InChI is InChI=1S/C25H30F3NO5S/c1-17(2)16-24(31)8-10-29(11-9-24)23(30)14-18-12-19(25(26,27)28)15-21(13-18)34-20-4-6-22(7-5-20)35(3,32)33/h4-7,12-13,15,17,31H,8-11,14,16H2,1-3H3. The molecule has 1 N–H and O–H groups in total. The Kier molecular flexibility index (Phi) is 7.86. The van der Waals surface area contributed by atoms with Crippen molar-refractivity contribution in [2.75, 3.05) is 19.3 Å². The maximum absolute atomic E-state index is 13.5. The van der Waals surface area contributed by atoms with Crippen molar-refractivity contribution in [3.8, 4) is 11.5 Å². The molecule has 1 saturated heterocycles. The van der Waals surface area contributed by atoms with E-state index < -0.39 is 27.2 Å². The molecule has 1 amide bonds. The van der Waals surface area contributed by atoms with Gasteiger partial charge in [-0.3, -0.25) is 4.79 Å². The van der Waals surface area contributed by atoms with Crippen LogP contribution in [-0.2, 0) is 27.2 Å². The number of ether oxygens (including phenoxy) is 1. The van der Waals surface area contributed by atoms with E-state index >= 15 is 0 Å². The fourth-order valence-corrected chi connectivity index (χ4v) is 4.93. The van der Waals surface area contributed by atoms with E-state index in [2.05, 4.69) is 0 Å². The van der Waals surface area contributed by atoms with Crippen molar-refractivity contribution in [1.29, 1.82) is 0 Å². The number of nitrogens with zero attached hydrogens (tertiary/aromatic N) is 1. The normalized spacial score (nSPS) is 16.4. The Labute approximate surface area is 203 Å². The highest BCUT2D eigenvalue weighted by Gasteiger charge is 2.35. The number of carbonyl (C=O) groups is 1. The van der Waals surface area contributed by atoms with Gasteiger partial charge in [-0.2, -0.15) is 13.2 Å². The van der Waals surface area contributed by atoms with Gasteiger partial charge in [-0.25, -0.2) is 8.42 Å². The highest BCUT2D eigenvalue weighted by Crippen LogP contribution is 2.35. The SMILES string of the molecule is CC(C)CC1(O)CCN(C(=O)Cc2cc(Oc3ccc(S(C)(=O)=O)cc3)cc(C(F)(F)F)c2)CC1. The van der Waals surface area contributed by atoms with Crippen LogP contribution in [0.1, 0.15) is 44.2 Å². The largest absolute Gasteiger partial charge is 0.457 e. The Hall–Kier alpha value is -2.59. The number of carbonyl (C=O) groups excluding carboxylic acids is 1. The van der Waals surface area contributed by atoms with Crippen LogP contribution in [0.5, 0.6) is 11.5 Å². The van der Waals surface area contributed by atoms with Gasteiger partial charge in [0.25, 0.3) is 0 Å². The first kappa shape index (κ1) is 27.0. The quantitative estimate of drug-likeness (QED) is 0.573. The van der Waals surface area contributed by atoms with Crippen LogP contribution in [0.15, 0.2) is 47.4 Å². The number of sulfone groups is 1. The minimum atomic E-state index is -4.64. The summed E-state index contributed by atoms with van der Waals surface area (Å²) in [5, 5.41) is 10.7. The van der Waals surface area contributed by atoms with Gasteiger partial charge in [-0.05, 0) is 73.2 Å². The Morgan fingerprint density at radius 3 is 2.20 bits per heavy atom. The molecule has 3 rings (SSSR count). The average Bonchev–Trinajstić information content (AvgIpc) is 2.72. The summed E-state index contributed by atoms with van der Waals surface area (Å²) in [4.78, 5) is 14.5. The van der Waals surface area contributed by atoms with Gasteiger partial charge < -0.3 is 14.7 Å². The summed E-state index contributed by atoms with van der Waals surface area (Å²) in [6.07, 6.45) is -2.35. The first-order chi connectivity index (χ1) is 16.1. The zero-order valence-corrected chi connectivity index (χ0v) is 20.7. The Morgan fingerprint density at radius 1 is 1.09 bits per heavy atom. The molecule has 1 heterocycles. The smallest absolute Gasteiger partial charge is 0.416 e. The second-order valence-corrected chi connectivity index (χ2v) is 11.6. The number of hydrogen-bond donors (Lipinski definition) is 1. The first-order valence-electron chi connectivity index (χ1n) is 11.3. The lowest BCUT2D eigenvalue weighted by atomic mass is 9.84. The fraction of sp³-hybridized carbons (Fsp3) is 0.480. The minimum Gasteiger partial charge on any atom is -0.457 e. The second kappa shape index (κ2) is 10.2. The zero-order valence-electron chi connectivity index (χ0n) is 19.9. The molecular formula is C25H30F3NO5S. The Morgan fingerprint density at radius 2 is 1.69 bits per heavy atom. The van der Waals surface area contributed by atoms with Gasteiger partial charge in [0, 0.05) is 19.3 Å². The van der Waals surface area contributed by atoms with E-state index in [1.807, 2.05) is 13.8 Å². The van der Waals surface area contributed by atoms with Crippen LogP contribution in [-0.4, -0.2) is 49.3 Å². The van der Waals surface area contributed by atoms with Gasteiger partial charge in [0.05, 0.1) is 22.5 Å². The predicted octanol–water partition coefficient (Wildman–Crippen LogP) is 4.84. The molecule has 0 saturated carbocycles. The number of benzene rings is 2. The van der Waals surface area contributed by atoms with Crippen molar-refractivity contribution in [2.45, 2.75) is 56.2 Å². The number of rotatable bonds is 7. The number of halogens is 3. The summed E-state index contributed by atoms with van der Waals surface area (Å²) in [5.41, 5.74) is -1.62. The van der Waals surface area contributed by atoms with E-state index in [4.69, 9.17) is 4.74 Å². The molecule has 10 heteroatoms. The zero-order chi connectivity index (χ0) is 26.0. The van der Waals surface area contributed by atoms with Crippen molar-refractivity contribution >= 4 is 15.7 Å². The molecule has 0 radical (unpaired) electrons. The van der Waals surface area contributed by atoms with Crippen LogP contribution in [0.2, 0.25) is 0 Å². The van der Waals surface area contributed by atoms with Gasteiger partial charge in [0.15, 0.2) is 9.84 Å². The number of amides is 1. The minimum absolute atomic E-state index is 0.0574. The fourth-order valence-electron chi connectivity index (χ4n) is 4.30. The third-order valence-electron chi connectivity index (χ3n) is 5.97. The lowest BCUT2D eigenvalue weighted by Crippen LogP contribution is -2.47. The van der Waals surface area contributed by atoms with Gasteiger partial charge in [-0.15, -0.1) is 0 Å². The summed E-state index contributed by atoms with van der Waals surface area (Å²) < 4.78 is 69.3. The molecule has 6 nitrogen and oxygen atoms in total. The van der Waals surface area contributed by atoms with Crippen molar-refractivity contribution < 1.29 is 36.2 Å². The summed E-state index contributed by atoms with van der Waals surface area (Å²) >= 11 is 0. The van der Waals surface area contributed by atoms with Crippen molar-refractivity contribution in [1.82, 2.24) is 4.90 Å². The maximum atomic E-state index is 13.5. The first-order valence-corrected chi connectivity index (χ1v) is 13.2. The van der Waals surface area contributed by atoms with E-state index in [0.717, 1.165) is 18.4 Å². The molecule has 192 valence electrons. The molecule has 35 heavy (non-hydrogen) atoms. The lowest BCUT2D eigenvalue weighted by Gasteiger charge is -2.39. The van der Waals surface area contributed by atoms with Crippen molar-refractivity contribution in [2.24, 2.45) is 5.92 Å². The Balaban J connectivity index is 1.76. The van der Waals surface area contributed by atoms with E-state index in [-0.39, 0.29) is 34.3 Å². The molecule has 0 atom stereocenters. The lowest BCUT2D eigenvalue weighted by molar-refractivity contribution is -0.138. The molecule has 1 aliphatic heterocycles. The van der Waals surface area contributed by atoms with E-state index in [0.29, 0.717) is 38.3 Å². The molecule has 1 aliphatic rings. The summed E-state index contributed by atoms with van der Waals surface area (Å²) in [6.45, 7) is 4.72. The highest BCUT2D eigenvalue weighted by molar-refractivity contribution is 7.90. The number of likely N-dealkylation sites (tertiary alicyclic amines) is 1. The van der Waals surface area contributed by atoms with Crippen LogP contribution in [0.3, 0.4) is 0 Å². The number of piperidine rings is 1. The van der Waals surface area contributed by atoms with Crippen LogP contribution < -0.4 is 4.74 Å². The van der Waals surface area contributed by atoms with Crippen molar-refractivity contribution in [3.63, 3.8) is 0 Å². The average molecular weight is 514 g/mol. The molecule has 2 aromatic rings. The molecule has 2 aromatic carbocycles. The predicted molar refractivity (Wildman–Crippen MR) is 125 cm³/mol. The monoisotopic (exact) mass is 513 g/mol. The third kappa shape index (κ3) is 7.44. The summed E-state index contributed by atoms with van der Waals surface area (Å²) in [6, 6.07) is 8.46. The van der Waals surface area contributed by atoms with E-state index in [9.17, 15) is 31.5 Å². The molecule has 0 spiro atoms. The van der Waals surface area contributed by atoms with Gasteiger partial charge in [-0.1, -0.05) is 13.8 Å². The van der Waals surface area contributed by atoms with Crippen LogP contribution >= 0.6 is 0 Å². The van der Waals surface area contributed by atoms with Gasteiger partial charge >= 0.3 is 6.18 Å². The van der Waals surface area contributed by atoms with Crippen LogP contribution in [0, 0.1) is 5.92 Å². The molecule has 0 aliphatic carbocycles. The van der Waals surface area contributed by atoms with Crippen molar-refractivity contribution in [3.05, 3.63) is 53.6 Å². The Bertz CT molecular complexity index is 1150. The van der Waals surface area contributed by atoms with E-state index in [1.165, 1.54) is 30.3 Å². The second-order valence-electron chi connectivity index (χ2n) is 9.59. The molecule has 0 bridgehead atoms. The summed E-state index contributed by atoms with van der Waals surface area (Å²) in [7, 11) is -3.43. The topological polar surface area (TPSA) is 83.9 Å². The molecular weight excluding hydrogens is 483 g/mol. The summed E-state index contributed by atoms with van der Waals surface area (Å²) in [5.74, 6) is 0.0434. The maximum Gasteiger partial charge on any atom is 0.416 e. The van der Waals surface area contributed by atoms with Crippen LogP contribution in [0.4, 0.5) is 13.2 Å². The van der Waals surface area contributed by atoms with Crippen LogP contribution in [0.25, 0.3) is 0 Å².